The summed E-state index contributed by atoms with van der Waals surface area (Å²) < 4.78 is 0. The van der Waals surface area contributed by atoms with E-state index < -0.39 is 0 Å². The average molecular weight is 290 g/mol. The monoisotopic (exact) mass is 290 g/mol. The molecule has 0 saturated carbocycles. The number of nitrogens with zero attached hydrogens (tertiary/aromatic N) is 1. The Morgan fingerprint density at radius 1 is 1.29 bits per heavy atom. The third kappa shape index (κ3) is 4.55. The molecule has 21 heavy (non-hydrogen) atoms. The summed E-state index contributed by atoms with van der Waals surface area (Å²) in [6, 6.07) is 9.56. The first-order chi connectivity index (χ1) is 10.2. The Kier molecular flexibility index (Phi) is 5.76. The van der Waals surface area contributed by atoms with Gasteiger partial charge >= 0.3 is 0 Å². The zero-order valence-electron chi connectivity index (χ0n) is 12.8. The van der Waals surface area contributed by atoms with Crippen LogP contribution in [0.2, 0.25) is 0 Å². The number of aliphatic hydroxyl groups is 1. The Balaban J connectivity index is 1.71. The molecule has 1 heterocycles. The summed E-state index contributed by atoms with van der Waals surface area (Å²) in [5, 5.41) is 12.4. The number of nitrogens with one attached hydrogen (secondary N) is 1. The van der Waals surface area contributed by atoms with Gasteiger partial charge in [0.05, 0.1) is 0 Å². The fourth-order valence-electron chi connectivity index (χ4n) is 2.88. The largest absolute Gasteiger partial charge is 0.396 e. The molecule has 1 aliphatic rings. The van der Waals surface area contributed by atoms with E-state index in [1.165, 1.54) is 0 Å². The van der Waals surface area contributed by atoms with Crippen LogP contribution in [0.25, 0.3) is 0 Å². The highest BCUT2D eigenvalue weighted by molar-refractivity contribution is 5.90. The maximum Gasteiger partial charge on any atom is 0.225 e. The number of rotatable bonds is 6. The number of piperidine rings is 1. The average Bonchev–Trinajstić information content (AvgIpc) is 2.54. The second-order valence-electron chi connectivity index (χ2n) is 6.02. The van der Waals surface area contributed by atoms with Crippen LogP contribution in [0, 0.1) is 5.41 Å². The summed E-state index contributed by atoms with van der Waals surface area (Å²) in [6.45, 7) is 5.19. The van der Waals surface area contributed by atoms with Crippen LogP contribution in [0.4, 0.5) is 5.69 Å². The number of anilines is 1. The number of amides is 1. The van der Waals surface area contributed by atoms with Gasteiger partial charge in [0.2, 0.25) is 5.91 Å². The Morgan fingerprint density at radius 2 is 1.95 bits per heavy atom. The van der Waals surface area contributed by atoms with Crippen molar-refractivity contribution < 1.29 is 9.90 Å². The van der Waals surface area contributed by atoms with Crippen molar-refractivity contribution in [1.82, 2.24) is 4.90 Å². The first kappa shape index (κ1) is 16.0. The molecule has 1 fully saturated rings. The van der Waals surface area contributed by atoms with E-state index in [-0.39, 0.29) is 17.9 Å². The van der Waals surface area contributed by atoms with Gasteiger partial charge in [-0.15, -0.1) is 0 Å². The molecule has 0 spiro atoms. The molecule has 1 aliphatic heterocycles. The van der Waals surface area contributed by atoms with Crippen LogP contribution < -0.4 is 5.32 Å². The number of para-hydroxylation sites is 1. The van der Waals surface area contributed by atoms with Crippen LogP contribution in [-0.4, -0.2) is 42.2 Å². The SMILES string of the molecule is CCC1(CO)CCN(CCC(=O)Nc2ccccc2)CC1. The zero-order valence-corrected chi connectivity index (χ0v) is 12.8. The van der Waals surface area contributed by atoms with Crippen molar-refractivity contribution in [3.8, 4) is 0 Å². The molecule has 116 valence electrons. The Hall–Kier alpha value is -1.39. The van der Waals surface area contributed by atoms with E-state index in [1.807, 2.05) is 30.3 Å². The molecule has 1 saturated heterocycles. The first-order valence-electron chi connectivity index (χ1n) is 7.85. The highest BCUT2D eigenvalue weighted by Gasteiger charge is 2.32. The third-order valence-corrected chi connectivity index (χ3v) is 4.71. The van der Waals surface area contributed by atoms with Crippen molar-refractivity contribution in [3.63, 3.8) is 0 Å². The molecule has 0 unspecified atom stereocenters. The summed E-state index contributed by atoms with van der Waals surface area (Å²) in [4.78, 5) is 14.2. The van der Waals surface area contributed by atoms with Crippen LogP contribution in [0.3, 0.4) is 0 Å². The minimum atomic E-state index is 0.0655. The van der Waals surface area contributed by atoms with Gasteiger partial charge in [-0.2, -0.15) is 0 Å². The Morgan fingerprint density at radius 3 is 2.52 bits per heavy atom. The van der Waals surface area contributed by atoms with Crippen molar-refractivity contribution in [1.29, 1.82) is 0 Å². The molecule has 2 rings (SSSR count). The molecule has 0 aromatic heterocycles. The van der Waals surface area contributed by atoms with Gasteiger partial charge in [-0.1, -0.05) is 25.1 Å². The highest BCUT2D eigenvalue weighted by atomic mass is 16.3. The predicted octanol–water partition coefficient (Wildman–Crippen LogP) is 2.50. The Bertz CT molecular complexity index is 433. The number of likely N-dealkylation sites (tertiary alicyclic amines) is 1. The van der Waals surface area contributed by atoms with Crippen LogP contribution in [0.5, 0.6) is 0 Å². The molecule has 0 aliphatic carbocycles. The van der Waals surface area contributed by atoms with Crippen LogP contribution in [-0.2, 0) is 4.79 Å². The van der Waals surface area contributed by atoms with Gasteiger partial charge in [-0.25, -0.2) is 0 Å². The number of aliphatic hydroxyl groups excluding tert-OH is 1. The lowest BCUT2D eigenvalue weighted by atomic mass is 9.77. The minimum absolute atomic E-state index is 0.0655. The van der Waals surface area contributed by atoms with Crippen molar-refractivity contribution in [2.75, 3.05) is 31.6 Å². The number of benzene rings is 1. The first-order valence-corrected chi connectivity index (χ1v) is 7.85. The highest BCUT2D eigenvalue weighted by Crippen LogP contribution is 2.34. The lowest BCUT2D eigenvalue weighted by Gasteiger charge is -2.40. The van der Waals surface area contributed by atoms with Crippen LogP contribution >= 0.6 is 0 Å². The van der Waals surface area contributed by atoms with Crippen LogP contribution in [0.15, 0.2) is 30.3 Å². The van der Waals surface area contributed by atoms with Crippen molar-refractivity contribution in [2.45, 2.75) is 32.6 Å². The molecular formula is C17H26N2O2. The number of carbonyl (C=O) groups is 1. The third-order valence-electron chi connectivity index (χ3n) is 4.71. The molecule has 4 nitrogen and oxygen atoms in total. The summed E-state index contributed by atoms with van der Waals surface area (Å²) in [7, 11) is 0. The lowest BCUT2D eigenvalue weighted by molar-refractivity contribution is -0.116. The fourth-order valence-corrected chi connectivity index (χ4v) is 2.88. The molecule has 0 bridgehead atoms. The van der Waals surface area contributed by atoms with Gasteiger partial charge in [0.15, 0.2) is 0 Å². The van der Waals surface area contributed by atoms with E-state index in [0.29, 0.717) is 6.42 Å². The Labute approximate surface area is 127 Å². The minimum Gasteiger partial charge on any atom is -0.396 e. The maximum absolute atomic E-state index is 11.9. The fraction of sp³-hybridized carbons (Fsp3) is 0.588. The summed E-state index contributed by atoms with van der Waals surface area (Å²) in [5.41, 5.74) is 0.967. The lowest BCUT2D eigenvalue weighted by Crippen LogP contribution is -2.42. The molecular weight excluding hydrogens is 264 g/mol. The topological polar surface area (TPSA) is 52.6 Å². The number of hydrogen-bond acceptors (Lipinski definition) is 3. The summed E-state index contributed by atoms with van der Waals surface area (Å²) >= 11 is 0. The van der Waals surface area contributed by atoms with Gasteiger partial charge in [0.1, 0.15) is 0 Å². The van der Waals surface area contributed by atoms with E-state index in [4.69, 9.17) is 0 Å². The zero-order chi connectivity index (χ0) is 15.1. The quantitative estimate of drug-likeness (QED) is 0.846. The number of hydrogen-bond donors (Lipinski definition) is 2. The van der Waals surface area contributed by atoms with Gasteiger partial charge in [-0.3, -0.25) is 4.79 Å². The van der Waals surface area contributed by atoms with Crippen LogP contribution in [0.1, 0.15) is 32.6 Å². The standard InChI is InChI=1S/C17H26N2O2/c1-2-17(14-20)9-12-19(13-10-17)11-8-16(21)18-15-6-4-3-5-7-15/h3-7,20H,2,8-14H2,1H3,(H,18,21). The molecule has 2 N–H and O–H groups in total. The van der Waals surface area contributed by atoms with Crippen molar-refractivity contribution >= 4 is 11.6 Å². The van der Waals surface area contributed by atoms with Gasteiger partial charge in [-0.05, 0) is 49.9 Å². The molecule has 0 radical (unpaired) electrons. The summed E-state index contributed by atoms with van der Waals surface area (Å²) in [5.74, 6) is 0.0655. The van der Waals surface area contributed by atoms with Crippen molar-refractivity contribution in [3.05, 3.63) is 30.3 Å². The maximum atomic E-state index is 11.9. The second-order valence-corrected chi connectivity index (χ2v) is 6.02. The van der Waals surface area contributed by atoms with Crippen molar-refractivity contribution in [2.24, 2.45) is 5.41 Å². The summed E-state index contributed by atoms with van der Waals surface area (Å²) in [6.07, 6.45) is 3.61. The second kappa shape index (κ2) is 7.57. The smallest absolute Gasteiger partial charge is 0.225 e. The van der Waals surface area contributed by atoms with E-state index >= 15 is 0 Å². The molecule has 1 amide bonds. The van der Waals surface area contributed by atoms with E-state index in [2.05, 4.69) is 17.1 Å². The predicted molar refractivity (Wildman–Crippen MR) is 85.2 cm³/mol. The molecule has 1 aromatic carbocycles. The normalized spacial score (nSPS) is 18.4. The molecule has 0 atom stereocenters. The van der Waals surface area contributed by atoms with E-state index in [0.717, 1.165) is 44.6 Å². The molecule has 1 aromatic rings. The number of carbonyl (C=O) groups excluding carboxylic acids is 1. The van der Waals surface area contributed by atoms with Gasteiger partial charge in [0, 0.05) is 25.3 Å². The molecule has 4 heteroatoms. The van der Waals surface area contributed by atoms with Gasteiger partial charge < -0.3 is 15.3 Å². The van der Waals surface area contributed by atoms with E-state index in [9.17, 15) is 9.90 Å². The van der Waals surface area contributed by atoms with E-state index in [1.54, 1.807) is 0 Å². The van der Waals surface area contributed by atoms with Gasteiger partial charge in [0.25, 0.3) is 0 Å².